The van der Waals surface area contributed by atoms with Crippen molar-refractivity contribution in [1.82, 2.24) is 0 Å². The summed E-state index contributed by atoms with van der Waals surface area (Å²) in [5, 5.41) is 0. The SMILES string of the molecule is C=CC[C@H](O[Si](C)(C)C)C(C)(C)C. The van der Waals surface area contributed by atoms with E-state index in [1.54, 1.807) is 0 Å². The van der Waals surface area contributed by atoms with Gasteiger partial charge in [0.15, 0.2) is 8.32 Å². The zero-order chi connectivity index (χ0) is 10.7. The second kappa shape index (κ2) is 4.42. The van der Waals surface area contributed by atoms with Crippen LogP contribution < -0.4 is 0 Å². The highest BCUT2D eigenvalue weighted by atomic mass is 28.4. The fourth-order valence-electron chi connectivity index (χ4n) is 1.16. The fraction of sp³-hybridized carbons (Fsp3) is 0.818. The van der Waals surface area contributed by atoms with Crippen LogP contribution in [-0.2, 0) is 4.43 Å². The monoisotopic (exact) mass is 200 g/mol. The lowest BCUT2D eigenvalue weighted by molar-refractivity contribution is 0.0826. The average molecular weight is 200 g/mol. The summed E-state index contributed by atoms with van der Waals surface area (Å²) in [6, 6.07) is 0. The van der Waals surface area contributed by atoms with Crippen LogP contribution in [0.15, 0.2) is 12.7 Å². The summed E-state index contributed by atoms with van der Waals surface area (Å²) in [4.78, 5) is 0. The first-order chi connectivity index (χ1) is 5.67. The molecule has 0 aliphatic carbocycles. The van der Waals surface area contributed by atoms with Crippen molar-refractivity contribution >= 4 is 8.32 Å². The summed E-state index contributed by atoms with van der Waals surface area (Å²) >= 11 is 0. The molecule has 78 valence electrons. The second-order valence-corrected chi connectivity index (χ2v) is 10.1. The largest absolute Gasteiger partial charge is 0.414 e. The summed E-state index contributed by atoms with van der Waals surface area (Å²) in [7, 11) is -1.42. The molecule has 0 rings (SSSR count). The van der Waals surface area contributed by atoms with Gasteiger partial charge in [0.25, 0.3) is 0 Å². The molecule has 0 aromatic heterocycles. The molecule has 0 aliphatic heterocycles. The van der Waals surface area contributed by atoms with Crippen LogP contribution >= 0.6 is 0 Å². The van der Waals surface area contributed by atoms with Gasteiger partial charge in [0.2, 0.25) is 0 Å². The minimum absolute atomic E-state index is 0.217. The van der Waals surface area contributed by atoms with Gasteiger partial charge in [-0.25, -0.2) is 0 Å². The van der Waals surface area contributed by atoms with Crippen LogP contribution in [0.3, 0.4) is 0 Å². The van der Waals surface area contributed by atoms with E-state index in [1.165, 1.54) is 0 Å². The van der Waals surface area contributed by atoms with Crippen LogP contribution in [0, 0.1) is 5.41 Å². The third kappa shape index (κ3) is 6.05. The minimum Gasteiger partial charge on any atom is -0.414 e. The van der Waals surface area contributed by atoms with Gasteiger partial charge in [0, 0.05) is 0 Å². The third-order valence-corrected chi connectivity index (χ3v) is 2.83. The van der Waals surface area contributed by atoms with E-state index in [-0.39, 0.29) is 5.41 Å². The van der Waals surface area contributed by atoms with Crippen molar-refractivity contribution in [3.05, 3.63) is 12.7 Å². The molecule has 0 fully saturated rings. The Morgan fingerprint density at radius 1 is 1.31 bits per heavy atom. The van der Waals surface area contributed by atoms with E-state index in [2.05, 4.69) is 47.0 Å². The Kier molecular flexibility index (Phi) is 4.40. The first-order valence-electron chi connectivity index (χ1n) is 4.95. The molecule has 0 aliphatic rings. The lowest BCUT2D eigenvalue weighted by atomic mass is 9.87. The van der Waals surface area contributed by atoms with Gasteiger partial charge in [-0.1, -0.05) is 26.8 Å². The van der Waals surface area contributed by atoms with E-state index in [0.29, 0.717) is 6.10 Å². The fourth-order valence-corrected chi connectivity index (χ4v) is 2.46. The lowest BCUT2D eigenvalue weighted by Crippen LogP contribution is -2.39. The summed E-state index contributed by atoms with van der Waals surface area (Å²) < 4.78 is 6.11. The van der Waals surface area contributed by atoms with Crippen molar-refractivity contribution in [2.75, 3.05) is 0 Å². The lowest BCUT2D eigenvalue weighted by Gasteiger charge is -2.35. The smallest absolute Gasteiger partial charge is 0.184 e. The van der Waals surface area contributed by atoms with E-state index >= 15 is 0 Å². The summed E-state index contributed by atoms with van der Waals surface area (Å²) in [6.45, 7) is 17.1. The molecule has 0 N–H and O–H groups in total. The van der Waals surface area contributed by atoms with Gasteiger partial charge in [-0.15, -0.1) is 6.58 Å². The molecule has 0 saturated heterocycles. The van der Waals surface area contributed by atoms with Crippen molar-refractivity contribution < 1.29 is 4.43 Å². The quantitative estimate of drug-likeness (QED) is 0.495. The molecule has 0 bridgehead atoms. The number of hydrogen-bond acceptors (Lipinski definition) is 1. The molecule has 0 aromatic rings. The topological polar surface area (TPSA) is 9.23 Å². The van der Waals surface area contributed by atoms with Gasteiger partial charge in [0.05, 0.1) is 6.10 Å². The highest BCUT2D eigenvalue weighted by Gasteiger charge is 2.29. The van der Waals surface area contributed by atoms with Crippen molar-refractivity contribution in [3.8, 4) is 0 Å². The summed E-state index contributed by atoms with van der Waals surface area (Å²) in [5.41, 5.74) is 0.217. The normalized spacial score (nSPS) is 15.5. The highest BCUT2D eigenvalue weighted by Crippen LogP contribution is 2.27. The molecule has 0 saturated carbocycles. The molecule has 13 heavy (non-hydrogen) atoms. The molecule has 0 radical (unpaired) electrons. The van der Waals surface area contributed by atoms with Crippen LogP contribution in [-0.4, -0.2) is 14.4 Å². The van der Waals surface area contributed by atoms with Gasteiger partial charge in [0.1, 0.15) is 0 Å². The van der Waals surface area contributed by atoms with Crippen molar-refractivity contribution in [1.29, 1.82) is 0 Å². The molecular formula is C11H24OSi. The van der Waals surface area contributed by atoms with Crippen molar-refractivity contribution in [2.45, 2.75) is 52.9 Å². The average Bonchev–Trinajstić information content (AvgIpc) is 1.81. The molecule has 2 heteroatoms. The van der Waals surface area contributed by atoms with E-state index in [0.717, 1.165) is 6.42 Å². The zero-order valence-corrected chi connectivity index (χ0v) is 11.0. The van der Waals surface area contributed by atoms with E-state index < -0.39 is 8.32 Å². The van der Waals surface area contributed by atoms with Crippen LogP contribution in [0.25, 0.3) is 0 Å². The Labute approximate surface area is 84.3 Å². The Morgan fingerprint density at radius 3 is 2.00 bits per heavy atom. The van der Waals surface area contributed by atoms with Gasteiger partial charge < -0.3 is 4.43 Å². The molecule has 0 spiro atoms. The molecular weight excluding hydrogens is 176 g/mol. The Hall–Kier alpha value is -0.0831. The molecule has 0 heterocycles. The van der Waals surface area contributed by atoms with Gasteiger partial charge >= 0.3 is 0 Å². The van der Waals surface area contributed by atoms with Crippen molar-refractivity contribution in [3.63, 3.8) is 0 Å². The van der Waals surface area contributed by atoms with Crippen LogP contribution in [0.1, 0.15) is 27.2 Å². The molecule has 0 amide bonds. The van der Waals surface area contributed by atoms with Gasteiger partial charge in [-0.3, -0.25) is 0 Å². The zero-order valence-electron chi connectivity index (χ0n) is 9.98. The highest BCUT2D eigenvalue weighted by molar-refractivity contribution is 6.69. The van der Waals surface area contributed by atoms with Gasteiger partial charge in [-0.05, 0) is 31.5 Å². The van der Waals surface area contributed by atoms with Crippen LogP contribution in [0.5, 0.6) is 0 Å². The summed E-state index contributed by atoms with van der Waals surface area (Å²) in [5.74, 6) is 0. The minimum atomic E-state index is -1.42. The maximum atomic E-state index is 6.11. The van der Waals surface area contributed by atoms with Crippen LogP contribution in [0.2, 0.25) is 19.6 Å². The first-order valence-corrected chi connectivity index (χ1v) is 8.36. The molecule has 1 nitrogen and oxygen atoms in total. The van der Waals surface area contributed by atoms with Crippen LogP contribution in [0.4, 0.5) is 0 Å². The Morgan fingerprint density at radius 2 is 1.77 bits per heavy atom. The predicted molar refractivity (Wildman–Crippen MR) is 62.5 cm³/mol. The molecule has 0 aromatic carbocycles. The maximum absolute atomic E-state index is 6.11. The third-order valence-electron chi connectivity index (χ3n) is 1.84. The van der Waals surface area contributed by atoms with Crippen molar-refractivity contribution in [2.24, 2.45) is 5.41 Å². The summed E-state index contributed by atoms with van der Waals surface area (Å²) in [6.07, 6.45) is 3.22. The van der Waals surface area contributed by atoms with Gasteiger partial charge in [-0.2, -0.15) is 0 Å². The first kappa shape index (κ1) is 12.9. The Bertz CT molecular complexity index is 162. The second-order valence-electron chi connectivity index (χ2n) is 5.61. The number of hydrogen-bond donors (Lipinski definition) is 0. The number of rotatable bonds is 4. The van der Waals surface area contributed by atoms with E-state index in [4.69, 9.17) is 4.43 Å². The molecule has 1 atom stereocenters. The van der Waals surface area contributed by atoms with E-state index in [9.17, 15) is 0 Å². The maximum Gasteiger partial charge on any atom is 0.184 e. The Balaban J connectivity index is 4.35. The standard InChI is InChI=1S/C11H24OSi/c1-8-9-10(11(2,3)4)12-13(5,6)7/h8,10H,1,9H2,2-7H3/t10-/m0/s1. The molecule has 0 unspecified atom stereocenters. The predicted octanol–water partition coefficient (Wildman–Crippen LogP) is 3.83. The van der Waals surface area contributed by atoms with E-state index in [1.807, 2.05) is 6.08 Å².